The van der Waals surface area contributed by atoms with Crippen LogP contribution in [0.4, 0.5) is 4.39 Å². The summed E-state index contributed by atoms with van der Waals surface area (Å²) in [4.78, 5) is 18.4. The molecule has 1 aliphatic rings. The molecule has 0 spiro atoms. The largest absolute Gasteiger partial charge is 0.337 e. The zero-order chi connectivity index (χ0) is 18.1. The number of rotatable bonds is 4. The van der Waals surface area contributed by atoms with E-state index in [0.29, 0.717) is 36.1 Å². The molecule has 0 bridgehead atoms. The van der Waals surface area contributed by atoms with E-state index < -0.39 is 0 Å². The summed E-state index contributed by atoms with van der Waals surface area (Å²) in [5.74, 6) is 0.578. The summed E-state index contributed by atoms with van der Waals surface area (Å²) >= 11 is 5.90. The number of benzene rings is 2. The molecule has 2 heterocycles. The fourth-order valence-electron chi connectivity index (χ4n) is 3.06. The molecule has 5 nitrogen and oxygen atoms in total. The standard InChI is InChI=1S/C19H15ClFN3O2/c20-14-5-3-13(4-6-14)18-22-19(26-23-18)16-9-10-17(25)24(16)11-12-1-7-15(21)8-2-12/h1-8,16H,9-11H2. The Balaban J connectivity index is 1.57. The van der Waals surface area contributed by atoms with Crippen LogP contribution < -0.4 is 0 Å². The maximum absolute atomic E-state index is 13.1. The summed E-state index contributed by atoms with van der Waals surface area (Å²) < 4.78 is 18.5. The number of nitrogens with zero attached hydrogens (tertiary/aromatic N) is 3. The molecule has 3 aromatic rings. The number of hydrogen-bond acceptors (Lipinski definition) is 4. The molecule has 0 radical (unpaired) electrons. The van der Waals surface area contributed by atoms with Gasteiger partial charge in [-0.2, -0.15) is 4.98 Å². The molecule has 26 heavy (non-hydrogen) atoms. The lowest BCUT2D eigenvalue weighted by Gasteiger charge is -2.22. The molecule has 1 aromatic heterocycles. The summed E-state index contributed by atoms with van der Waals surface area (Å²) in [6, 6.07) is 13.0. The minimum atomic E-state index is -0.303. The molecule has 0 saturated carbocycles. The summed E-state index contributed by atoms with van der Waals surface area (Å²) in [6.07, 6.45) is 1.03. The number of halogens is 2. The van der Waals surface area contributed by atoms with Crippen molar-refractivity contribution in [2.45, 2.75) is 25.4 Å². The van der Waals surface area contributed by atoms with Crippen molar-refractivity contribution in [1.82, 2.24) is 15.0 Å². The minimum Gasteiger partial charge on any atom is -0.337 e. The number of carbonyl (C=O) groups excluding carboxylic acids is 1. The number of likely N-dealkylation sites (tertiary alicyclic amines) is 1. The number of aromatic nitrogens is 2. The van der Waals surface area contributed by atoms with Gasteiger partial charge in [-0.05, 0) is 48.4 Å². The Morgan fingerprint density at radius 2 is 1.88 bits per heavy atom. The lowest BCUT2D eigenvalue weighted by molar-refractivity contribution is -0.129. The molecule has 1 atom stereocenters. The summed E-state index contributed by atoms with van der Waals surface area (Å²) in [5.41, 5.74) is 1.64. The highest BCUT2D eigenvalue weighted by Crippen LogP contribution is 2.34. The van der Waals surface area contributed by atoms with Crippen molar-refractivity contribution in [3.05, 3.63) is 70.8 Å². The van der Waals surface area contributed by atoms with E-state index >= 15 is 0 Å². The normalized spacial score (nSPS) is 17.1. The van der Waals surface area contributed by atoms with Crippen molar-refractivity contribution >= 4 is 17.5 Å². The first-order chi connectivity index (χ1) is 12.6. The van der Waals surface area contributed by atoms with Gasteiger partial charge in [-0.3, -0.25) is 4.79 Å². The maximum Gasteiger partial charge on any atom is 0.249 e. The van der Waals surface area contributed by atoms with Crippen LogP contribution in [-0.4, -0.2) is 20.9 Å². The van der Waals surface area contributed by atoms with Gasteiger partial charge >= 0.3 is 0 Å². The van der Waals surface area contributed by atoms with Gasteiger partial charge in [0.05, 0.1) is 0 Å². The molecule has 1 fully saturated rings. The van der Waals surface area contributed by atoms with Gasteiger partial charge in [0.15, 0.2) is 0 Å². The zero-order valence-electron chi connectivity index (χ0n) is 13.7. The second-order valence-corrected chi connectivity index (χ2v) is 6.60. The van der Waals surface area contributed by atoms with Crippen LogP contribution in [0, 0.1) is 5.82 Å². The van der Waals surface area contributed by atoms with Crippen LogP contribution in [0.2, 0.25) is 5.02 Å². The lowest BCUT2D eigenvalue weighted by atomic mass is 10.1. The van der Waals surface area contributed by atoms with E-state index in [4.69, 9.17) is 16.1 Å². The first-order valence-electron chi connectivity index (χ1n) is 8.23. The average Bonchev–Trinajstić information content (AvgIpc) is 3.25. The fraction of sp³-hybridized carbons (Fsp3) is 0.211. The van der Waals surface area contributed by atoms with Crippen molar-refractivity contribution in [3.63, 3.8) is 0 Å². The van der Waals surface area contributed by atoms with E-state index in [2.05, 4.69) is 10.1 Å². The molecule has 7 heteroatoms. The molecule has 2 aromatic carbocycles. The third-order valence-corrected chi connectivity index (χ3v) is 4.68. The topological polar surface area (TPSA) is 59.2 Å². The van der Waals surface area contributed by atoms with Crippen molar-refractivity contribution in [3.8, 4) is 11.4 Å². The Kier molecular flexibility index (Phi) is 4.42. The van der Waals surface area contributed by atoms with Crippen LogP contribution in [0.15, 0.2) is 53.1 Å². The predicted molar refractivity (Wildman–Crippen MR) is 93.7 cm³/mol. The van der Waals surface area contributed by atoms with Crippen molar-refractivity contribution in [2.24, 2.45) is 0 Å². The number of amides is 1. The van der Waals surface area contributed by atoms with Gasteiger partial charge in [0.2, 0.25) is 17.6 Å². The van der Waals surface area contributed by atoms with Gasteiger partial charge < -0.3 is 9.42 Å². The maximum atomic E-state index is 13.1. The van der Waals surface area contributed by atoms with Gasteiger partial charge in [-0.25, -0.2) is 4.39 Å². The molecule has 1 amide bonds. The number of hydrogen-bond donors (Lipinski definition) is 0. The Labute approximate surface area is 154 Å². The first-order valence-corrected chi connectivity index (χ1v) is 8.61. The second-order valence-electron chi connectivity index (χ2n) is 6.17. The van der Waals surface area contributed by atoms with Gasteiger partial charge in [0.1, 0.15) is 11.9 Å². The first kappa shape index (κ1) is 16.7. The Morgan fingerprint density at radius 3 is 2.62 bits per heavy atom. The van der Waals surface area contributed by atoms with Crippen LogP contribution in [0.1, 0.15) is 30.3 Å². The third kappa shape index (κ3) is 3.32. The van der Waals surface area contributed by atoms with Gasteiger partial charge in [-0.15, -0.1) is 0 Å². The van der Waals surface area contributed by atoms with E-state index in [1.165, 1.54) is 12.1 Å². The van der Waals surface area contributed by atoms with Crippen LogP contribution >= 0.6 is 11.6 Å². The lowest BCUT2D eigenvalue weighted by Crippen LogP contribution is -2.27. The molecule has 132 valence electrons. The van der Waals surface area contributed by atoms with Crippen LogP contribution in [0.5, 0.6) is 0 Å². The summed E-state index contributed by atoms with van der Waals surface area (Å²) in [7, 11) is 0. The number of carbonyl (C=O) groups is 1. The molecular weight excluding hydrogens is 357 g/mol. The van der Waals surface area contributed by atoms with Crippen LogP contribution in [0.25, 0.3) is 11.4 Å². The van der Waals surface area contributed by atoms with E-state index in [1.54, 1.807) is 29.2 Å². The van der Waals surface area contributed by atoms with Crippen molar-refractivity contribution in [1.29, 1.82) is 0 Å². The third-order valence-electron chi connectivity index (χ3n) is 4.42. The van der Waals surface area contributed by atoms with E-state index in [1.807, 2.05) is 12.1 Å². The van der Waals surface area contributed by atoms with Crippen LogP contribution in [-0.2, 0) is 11.3 Å². The quantitative estimate of drug-likeness (QED) is 0.682. The van der Waals surface area contributed by atoms with Gasteiger partial charge in [-0.1, -0.05) is 28.9 Å². The molecule has 0 aliphatic carbocycles. The highest BCUT2D eigenvalue weighted by Gasteiger charge is 2.36. The summed E-state index contributed by atoms with van der Waals surface area (Å²) in [5, 5.41) is 4.65. The second kappa shape index (κ2) is 6.88. The zero-order valence-corrected chi connectivity index (χ0v) is 14.5. The molecular formula is C19H15ClFN3O2. The molecule has 0 N–H and O–H groups in total. The highest BCUT2D eigenvalue weighted by atomic mass is 35.5. The van der Waals surface area contributed by atoms with Crippen molar-refractivity contribution in [2.75, 3.05) is 0 Å². The Bertz CT molecular complexity index is 925. The Morgan fingerprint density at radius 1 is 1.15 bits per heavy atom. The van der Waals surface area contributed by atoms with E-state index in [-0.39, 0.29) is 17.8 Å². The smallest absolute Gasteiger partial charge is 0.249 e. The van der Waals surface area contributed by atoms with Crippen LogP contribution in [0.3, 0.4) is 0 Å². The molecule has 1 saturated heterocycles. The monoisotopic (exact) mass is 371 g/mol. The fourth-order valence-corrected chi connectivity index (χ4v) is 3.19. The highest BCUT2D eigenvalue weighted by molar-refractivity contribution is 6.30. The average molecular weight is 372 g/mol. The predicted octanol–water partition coefficient (Wildman–Crippen LogP) is 4.39. The van der Waals surface area contributed by atoms with E-state index in [0.717, 1.165) is 11.1 Å². The minimum absolute atomic E-state index is 0.0190. The Hall–Kier alpha value is -2.73. The van der Waals surface area contributed by atoms with Gasteiger partial charge in [0.25, 0.3) is 0 Å². The summed E-state index contributed by atoms with van der Waals surface area (Å²) in [6.45, 7) is 0.377. The molecule has 1 unspecified atom stereocenters. The van der Waals surface area contributed by atoms with Gasteiger partial charge in [0, 0.05) is 23.6 Å². The van der Waals surface area contributed by atoms with Crippen molar-refractivity contribution < 1.29 is 13.7 Å². The SMILES string of the molecule is O=C1CCC(c2nc(-c3ccc(Cl)cc3)no2)N1Cc1ccc(F)cc1. The van der Waals surface area contributed by atoms with E-state index in [9.17, 15) is 9.18 Å². The molecule has 1 aliphatic heterocycles. The molecule has 4 rings (SSSR count).